The molecule has 1 aliphatic heterocycles. The molecule has 0 unspecified atom stereocenters. The minimum atomic E-state index is -1.65. The lowest BCUT2D eigenvalue weighted by molar-refractivity contribution is -0.131. The fourth-order valence-electron chi connectivity index (χ4n) is 3.29. The lowest BCUT2D eigenvalue weighted by atomic mass is 10.1. The summed E-state index contributed by atoms with van der Waals surface area (Å²) >= 11 is 0. The first-order valence-corrected chi connectivity index (χ1v) is 9.22. The Morgan fingerprint density at radius 1 is 0.821 bits per heavy atom. The quantitative estimate of drug-likeness (QED) is 0.751. The van der Waals surface area contributed by atoms with Crippen LogP contribution in [0.3, 0.4) is 0 Å². The number of hydrogen-bond donors (Lipinski definition) is 0. The highest BCUT2D eigenvalue weighted by atomic mass is 19.2. The van der Waals surface area contributed by atoms with Crippen molar-refractivity contribution in [1.82, 2.24) is 9.80 Å². The van der Waals surface area contributed by atoms with Crippen molar-refractivity contribution in [2.45, 2.75) is 19.3 Å². The predicted octanol–water partition coefficient (Wildman–Crippen LogP) is 3.41. The summed E-state index contributed by atoms with van der Waals surface area (Å²) in [5.41, 5.74) is 0.582. The third kappa shape index (κ3) is 4.52. The Hall–Kier alpha value is -2.83. The van der Waals surface area contributed by atoms with Crippen LogP contribution >= 0.6 is 0 Å². The van der Waals surface area contributed by atoms with Crippen LogP contribution in [0.2, 0.25) is 0 Å². The minimum Gasteiger partial charge on any atom is -0.341 e. The molecule has 2 amide bonds. The van der Waals surface area contributed by atoms with Crippen LogP contribution < -0.4 is 0 Å². The molecule has 0 radical (unpaired) electrons. The summed E-state index contributed by atoms with van der Waals surface area (Å²) < 4.78 is 40.4. The molecule has 0 aliphatic carbocycles. The van der Waals surface area contributed by atoms with E-state index in [2.05, 4.69) is 0 Å². The van der Waals surface area contributed by atoms with Gasteiger partial charge in [0, 0.05) is 32.6 Å². The molecule has 3 rings (SSSR count). The van der Waals surface area contributed by atoms with E-state index < -0.39 is 28.9 Å². The van der Waals surface area contributed by atoms with Gasteiger partial charge in [-0.1, -0.05) is 30.3 Å². The fourth-order valence-corrected chi connectivity index (χ4v) is 3.29. The monoisotopic (exact) mass is 390 g/mol. The van der Waals surface area contributed by atoms with Gasteiger partial charge in [0.2, 0.25) is 5.91 Å². The standard InChI is InChI=1S/C21H21F3N2O2/c22-17-9-8-16(19(23)20(17)24)21(28)26-12-4-11-25(13-14-26)18(27)10-7-15-5-2-1-3-6-15/h1-3,5-6,8-9H,4,7,10-14H2. The van der Waals surface area contributed by atoms with Crippen molar-refractivity contribution >= 4 is 11.8 Å². The molecule has 1 saturated heterocycles. The molecule has 1 heterocycles. The van der Waals surface area contributed by atoms with E-state index in [1.807, 2.05) is 30.3 Å². The molecule has 7 heteroatoms. The highest BCUT2D eigenvalue weighted by Crippen LogP contribution is 2.18. The van der Waals surface area contributed by atoms with Gasteiger partial charge in [-0.15, -0.1) is 0 Å². The maximum Gasteiger partial charge on any atom is 0.257 e. The summed E-state index contributed by atoms with van der Waals surface area (Å²) in [4.78, 5) is 28.1. The minimum absolute atomic E-state index is 0.00263. The molecule has 0 saturated carbocycles. The number of rotatable bonds is 4. The molecular formula is C21H21F3N2O2. The molecule has 148 valence electrons. The third-order valence-electron chi connectivity index (χ3n) is 4.87. The van der Waals surface area contributed by atoms with E-state index in [0.717, 1.165) is 17.7 Å². The van der Waals surface area contributed by atoms with E-state index in [9.17, 15) is 22.8 Å². The van der Waals surface area contributed by atoms with Crippen LogP contribution in [-0.2, 0) is 11.2 Å². The largest absolute Gasteiger partial charge is 0.341 e. The van der Waals surface area contributed by atoms with E-state index in [-0.39, 0.29) is 12.5 Å². The van der Waals surface area contributed by atoms with Crippen molar-refractivity contribution in [3.05, 3.63) is 71.0 Å². The van der Waals surface area contributed by atoms with Gasteiger partial charge < -0.3 is 9.80 Å². The molecule has 1 aliphatic rings. The number of amides is 2. The second kappa shape index (κ2) is 8.91. The van der Waals surface area contributed by atoms with Crippen molar-refractivity contribution < 1.29 is 22.8 Å². The summed E-state index contributed by atoms with van der Waals surface area (Å²) in [7, 11) is 0. The SMILES string of the molecule is O=C(CCc1ccccc1)N1CCCN(C(=O)c2ccc(F)c(F)c2F)CC1. The molecule has 2 aromatic rings. The van der Waals surface area contributed by atoms with Gasteiger partial charge in [0.1, 0.15) is 0 Å². The number of carbonyl (C=O) groups excluding carboxylic acids is 2. The van der Waals surface area contributed by atoms with Crippen molar-refractivity contribution in [2.24, 2.45) is 0 Å². The summed E-state index contributed by atoms with van der Waals surface area (Å²) in [6, 6.07) is 11.4. The topological polar surface area (TPSA) is 40.6 Å². The maximum absolute atomic E-state index is 13.9. The van der Waals surface area contributed by atoms with Crippen molar-refractivity contribution in [3.8, 4) is 0 Å². The van der Waals surface area contributed by atoms with Gasteiger partial charge in [-0.2, -0.15) is 0 Å². The van der Waals surface area contributed by atoms with E-state index in [1.54, 1.807) is 4.90 Å². The molecule has 4 nitrogen and oxygen atoms in total. The van der Waals surface area contributed by atoms with E-state index in [0.29, 0.717) is 38.9 Å². The van der Waals surface area contributed by atoms with Crippen molar-refractivity contribution in [2.75, 3.05) is 26.2 Å². The Morgan fingerprint density at radius 3 is 2.25 bits per heavy atom. The summed E-state index contributed by atoms with van der Waals surface area (Å²) in [6.07, 6.45) is 1.54. The average Bonchev–Trinajstić information content (AvgIpc) is 2.97. The van der Waals surface area contributed by atoms with Crippen LogP contribution in [0.15, 0.2) is 42.5 Å². The van der Waals surface area contributed by atoms with Crippen molar-refractivity contribution in [1.29, 1.82) is 0 Å². The van der Waals surface area contributed by atoms with E-state index in [1.165, 1.54) is 4.90 Å². The van der Waals surface area contributed by atoms with Gasteiger partial charge in [-0.05, 0) is 30.5 Å². The van der Waals surface area contributed by atoms with Gasteiger partial charge >= 0.3 is 0 Å². The molecule has 1 fully saturated rings. The van der Waals surface area contributed by atoms with E-state index in [4.69, 9.17) is 0 Å². The first-order valence-electron chi connectivity index (χ1n) is 9.22. The van der Waals surface area contributed by atoms with Crippen LogP contribution in [0.25, 0.3) is 0 Å². The Balaban J connectivity index is 1.59. The molecule has 2 aromatic carbocycles. The highest BCUT2D eigenvalue weighted by molar-refractivity contribution is 5.94. The molecule has 0 atom stereocenters. The van der Waals surface area contributed by atoms with E-state index >= 15 is 0 Å². The summed E-state index contributed by atoms with van der Waals surface area (Å²) in [6.45, 7) is 1.36. The van der Waals surface area contributed by atoms with Crippen LogP contribution in [0.1, 0.15) is 28.8 Å². The third-order valence-corrected chi connectivity index (χ3v) is 4.87. The van der Waals surface area contributed by atoms with Crippen LogP contribution in [0.5, 0.6) is 0 Å². The van der Waals surface area contributed by atoms with Gasteiger partial charge in [-0.3, -0.25) is 9.59 Å². The zero-order chi connectivity index (χ0) is 20.1. The van der Waals surface area contributed by atoms with Gasteiger partial charge in [-0.25, -0.2) is 13.2 Å². The summed E-state index contributed by atoms with van der Waals surface area (Å²) in [5, 5.41) is 0. The Bertz CT molecular complexity index is 858. The Labute approximate surface area is 161 Å². The zero-order valence-electron chi connectivity index (χ0n) is 15.3. The maximum atomic E-state index is 13.9. The molecule has 0 bridgehead atoms. The number of benzene rings is 2. The molecule has 0 aromatic heterocycles. The second-order valence-electron chi connectivity index (χ2n) is 6.74. The van der Waals surface area contributed by atoms with Crippen LogP contribution in [0, 0.1) is 17.5 Å². The number of hydrogen-bond acceptors (Lipinski definition) is 2. The number of aryl methyl sites for hydroxylation is 1. The van der Waals surface area contributed by atoms with Crippen LogP contribution in [-0.4, -0.2) is 47.8 Å². The first kappa shape index (κ1) is 19.9. The molecule has 28 heavy (non-hydrogen) atoms. The smallest absolute Gasteiger partial charge is 0.257 e. The normalized spacial score (nSPS) is 14.7. The van der Waals surface area contributed by atoms with Gasteiger partial charge in [0.15, 0.2) is 17.5 Å². The van der Waals surface area contributed by atoms with Gasteiger partial charge in [0.05, 0.1) is 5.56 Å². The Kier molecular flexibility index (Phi) is 6.34. The number of halogens is 3. The predicted molar refractivity (Wildman–Crippen MR) is 98.2 cm³/mol. The van der Waals surface area contributed by atoms with Crippen LogP contribution in [0.4, 0.5) is 13.2 Å². The zero-order valence-corrected chi connectivity index (χ0v) is 15.3. The van der Waals surface area contributed by atoms with Gasteiger partial charge in [0.25, 0.3) is 5.91 Å². The van der Waals surface area contributed by atoms with Crippen molar-refractivity contribution in [3.63, 3.8) is 0 Å². The first-order chi connectivity index (χ1) is 13.5. The number of nitrogens with zero attached hydrogens (tertiary/aromatic N) is 2. The highest BCUT2D eigenvalue weighted by Gasteiger charge is 2.26. The fraction of sp³-hybridized carbons (Fsp3) is 0.333. The molecule has 0 spiro atoms. The summed E-state index contributed by atoms with van der Waals surface area (Å²) in [5.74, 6) is -5.17. The lowest BCUT2D eigenvalue weighted by Crippen LogP contribution is -2.37. The molecule has 0 N–H and O–H groups in total. The Morgan fingerprint density at radius 2 is 1.50 bits per heavy atom. The lowest BCUT2D eigenvalue weighted by Gasteiger charge is -2.22. The molecular weight excluding hydrogens is 369 g/mol. The average molecular weight is 390 g/mol. The second-order valence-corrected chi connectivity index (χ2v) is 6.74. The number of carbonyl (C=O) groups is 2.